The van der Waals surface area contributed by atoms with E-state index in [-0.39, 0.29) is 5.69 Å². The zero-order chi connectivity index (χ0) is 15.6. The summed E-state index contributed by atoms with van der Waals surface area (Å²) in [7, 11) is 0. The Hall–Kier alpha value is -2.04. The van der Waals surface area contributed by atoms with E-state index in [1.165, 1.54) is 6.07 Å². The Morgan fingerprint density at radius 1 is 0.952 bits per heavy atom. The number of hydrogen-bond donors (Lipinski definition) is 1. The van der Waals surface area contributed by atoms with Crippen LogP contribution in [0.3, 0.4) is 0 Å². The molecule has 1 nitrogen and oxygen atoms in total. The molecule has 0 aromatic heterocycles. The highest BCUT2D eigenvalue weighted by Crippen LogP contribution is 2.33. The van der Waals surface area contributed by atoms with Gasteiger partial charge in [0.1, 0.15) is 5.82 Å². The fourth-order valence-corrected chi connectivity index (χ4v) is 2.23. The van der Waals surface area contributed by atoms with Crippen LogP contribution in [0.1, 0.15) is 22.3 Å². The molecule has 0 bridgehead atoms. The number of alkyl halides is 3. The first-order chi connectivity index (χ1) is 9.75. The summed E-state index contributed by atoms with van der Waals surface area (Å²) in [6.07, 6.45) is -4.69. The third kappa shape index (κ3) is 3.97. The zero-order valence-corrected chi connectivity index (χ0v) is 11.7. The minimum absolute atomic E-state index is 0.239. The normalized spacial score (nSPS) is 11.5. The van der Waals surface area contributed by atoms with Crippen LogP contribution in [-0.2, 0) is 12.7 Å². The fraction of sp³-hybridized carbons (Fsp3) is 0.250. The van der Waals surface area contributed by atoms with E-state index in [9.17, 15) is 17.6 Å². The molecule has 0 saturated heterocycles. The van der Waals surface area contributed by atoms with E-state index in [0.717, 1.165) is 28.8 Å². The van der Waals surface area contributed by atoms with Crippen LogP contribution in [0.15, 0.2) is 36.4 Å². The molecule has 2 aromatic rings. The monoisotopic (exact) mass is 297 g/mol. The van der Waals surface area contributed by atoms with Crippen LogP contribution >= 0.6 is 0 Å². The molecule has 1 N–H and O–H groups in total. The molecule has 0 saturated carbocycles. The summed E-state index contributed by atoms with van der Waals surface area (Å²) in [5.74, 6) is -1.26. The number of halogens is 4. The number of nitrogens with one attached hydrogen (secondary N) is 1. The Balaban J connectivity index is 2.17. The molecule has 21 heavy (non-hydrogen) atoms. The van der Waals surface area contributed by atoms with Gasteiger partial charge in [-0.25, -0.2) is 4.39 Å². The lowest BCUT2D eigenvalue weighted by Crippen LogP contribution is -2.09. The van der Waals surface area contributed by atoms with Crippen molar-refractivity contribution in [3.8, 4) is 0 Å². The molecule has 112 valence electrons. The first-order valence-corrected chi connectivity index (χ1v) is 6.43. The summed E-state index contributed by atoms with van der Waals surface area (Å²) >= 11 is 0. The van der Waals surface area contributed by atoms with Crippen molar-refractivity contribution in [1.82, 2.24) is 0 Å². The second-order valence-corrected chi connectivity index (χ2v) is 5.04. The van der Waals surface area contributed by atoms with Crippen molar-refractivity contribution in [1.29, 1.82) is 0 Å². The minimum atomic E-state index is -4.69. The first kappa shape index (κ1) is 15.4. The summed E-state index contributed by atoms with van der Waals surface area (Å²) in [6.45, 7) is 4.29. The molecule has 0 aliphatic rings. The van der Waals surface area contributed by atoms with Gasteiger partial charge in [0.25, 0.3) is 0 Å². The number of hydrogen-bond acceptors (Lipinski definition) is 1. The van der Waals surface area contributed by atoms with E-state index in [2.05, 4.69) is 5.32 Å². The lowest BCUT2D eigenvalue weighted by atomic mass is 10.1. The first-order valence-electron chi connectivity index (χ1n) is 6.43. The summed E-state index contributed by atoms with van der Waals surface area (Å²) in [5, 5.41) is 2.89. The Morgan fingerprint density at radius 3 is 2.14 bits per heavy atom. The SMILES string of the molecule is Cc1cc(C)cc(CNc2ccc(F)c(C(F)(F)F)c2)c1. The zero-order valence-electron chi connectivity index (χ0n) is 11.7. The van der Waals surface area contributed by atoms with Gasteiger partial charge in [0.15, 0.2) is 0 Å². The van der Waals surface area contributed by atoms with E-state index in [0.29, 0.717) is 6.54 Å². The third-order valence-corrected chi connectivity index (χ3v) is 3.05. The van der Waals surface area contributed by atoms with E-state index in [1.807, 2.05) is 32.0 Å². The van der Waals surface area contributed by atoms with Crippen LogP contribution in [0.5, 0.6) is 0 Å². The average molecular weight is 297 g/mol. The largest absolute Gasteiger partial charge is 0.419 e. The van der Waals surface area contributed by atoms with Gasteiger partial charge in [0.2, 0.25) is 0 Å². The van der Waals surface area contributed by atoms with Gasteiger partial charge in [-0.2, -0.15) is 13.2 Å². The summed E-state index contributed by atoms with van der Waals surface area (Å²) < 4.78 is 51.1. The van der Waals surface area contributed by atoms with Crippen molar-refractivity contribution in [2.24, 2.45) is 0 Å². The van der Waals surface area contributed by atoms with Crippen LogP contribution < -0.4 is 5.32 Å². The van der Waals surface area contributed by atoms with E-state index in [4.69, 9.17) is 0 Å². The predicted octanol–water partition coefficient (Wildman–Crippen LogP) is 5.07. The molecule has 0 aliphatic carbocycles. The highest BCUT2D eigenvalue weighted by atomic mass is 19.4. The van der Waals surface area contributed by atoms with Crippen molar-refractivity contribution in [3.05, 3.63) is 64.5 Å². The minimum Gasteiger partial charge on any atom is -0.381 e. The summed E-state index contributed by atoms with van der Waals surface area (Å²) in [5.41, 5.74) is 2.12. The van der Waals surface area contributed by atoms with Gasteiger partial charge in [-0.05, 0) is 37.6 Å². The van der Waals surface area contributed by atoms with Crippen molar-refractivity contribution in [3.63, 3.8) is 0 Å². The third-order valence-electron chi connectivity index (χ3n) is 3.05. The average Bonchev–Trinajstić information content (AvgIpc) is 2.35. The molecule has 0 spiro atoms. The molecule has 0 unspecified atom stereocenters. The van der Waals surface area contributed by atoms with Crippen molar-refractivity contribution in [2.75, 3.05) is 5.32 Å². The maximum atomic E-state index is 13.2. The maximum Gasteiger partial charge on any atom is 0.419 e. The Kier molecular flexibility index (Phi) is 4.21. The van der Waals surface area contributed by atoms with Gasteiger partial charge in [-0.3, -0.25) is 0 Å². The smallest absolute Gasteiger partial charge is 0.381 e. The highest BCUT2D eigenvalue weighted by Gasteiger charge is 2.34. The van der Waals surface area contributed by atoms with Gasteiger partial charge in [0.05, 0.1) is 5.56 Å². The highest BCUT2D eigenvalue weighted by molar-refractivity contribution is 5.47. The van der Waals surface area contributed by atoms with Crippen molar-refractivity contribution >= 4 is 5.69 Å². The van der Waals surface area contributed by atoms with Crippen molar-refractivity contribution in [2.45, 2.75) is 26.6 Å². The molecule has 2 aromatic carbocycles. The lowest BCUT2D eigenvalue weighted by Gasteiger charge is -2.12. The van der Waals surface area contributed by atoms with Gasteiger partial charge in [-0.15, -0.1) is 0 Å². The van der Waals surface area contributed by atoms with Gasteiger partial charge < -0.3 is 5.32 Å². The maximum absolute atomic E-state index is 13.2. The van der Waals surface area contributed by atoms with Crippen LogP contribution in [0, 0.1) is 19.7 Å². The molecule has 2 rings (SSSR count). The van der Waals surface area contributed by atoms with E-state index >= 15 is 0 Å². The Morgan fingerprint density at radius 2 is 1.57 bits per heavy atom. The molecule has 0 amide bonds. The molecular weight excluding hydrogens is 282 g/mol. The number of anilines is 1. The topological polar surface area (TPSA) is 12.0 Å². The molecule has 5 heteroatoms. The van der Waals surface area contributed by atoms with E-state index < -0.39 is 17.6 Å². The molecule has 0 fully saturated rings. The molecule has 0 aliphatic heterocycles. The van der Waals surface area contributed by atoms with Gasteiger partial charge in [0, 0.05) is 12.2 Å². The fourth-order valence-electron chi connectivity index (χ4n) is 2.23. The molecule has 0 radical (unpaired) electrons. The van der Waals surface area contributed by atoms with Crippen LogP contribution in [0.2, 0.25) is 0 Å². The number of aryl methyl sites for hydroxylation is 2. The number of benzene rings is 2. The molecular formula is C16H15F4N. The van der Waals surface area contributed by atoms with Crippen molar-refractivity contribution < 1.29 is 17.6 Å². The van der Waals surface area contributed by atoms with Crippen LogP contribution in [-0.4, -0.2) is 0 Å². The second-order valence-electron chi connectivity index (χ2n) is 5.04. The predicted molar refractivity (Wildman–Crippen MR) is 74.6 cm³/mol. The van der Waals surface area contributed by atoms with Crippen LogP contribution in [0.25, 0.3) is 0 Å². The lowest BCUT2D eigenvalue weighted by molar-refractivity contribution is -0.139. The van der Waals surface area contributed by atoms with E-state index in [1.54, 1.807) is 0 Å². The quantitative estimate of drug-likeness (QED) is 0.780. The summed E-state index contributed by atoms with van der Waals surface area (Å²) in [6, 6.07) is 8.84. The molecule has 0 atom stereocenters. The van der Waals surface area contributed by atoms with Gasteiger partial charge >= 0.3 is 6.18 Å². The van der Waals surface area contributed by atoms with Gasteiger partial charge in [-0.1, -0.05) is 29.3 Å². The molecule has 0 heterocycles. The number of rotatable bonds is 3. The second kappa shape index (κ2) is 5.76. The standard InChI is InChI=1S/C16H15F4N/c1-10-5-11(2)7-12(6-10)9-21-13-3-4-15(17)14(8-13)16(18,19)20/h3-8,21H,9H2,1-2H3. The Bertz CT molecular complexity index is 627. The summed E-state index contributed by atoms with van der Waals surface area (Å²) in [4.78, 5) is 0. The Labute approximate surface area is 120 Å². The van der Waals surface area contributed by atoms with Crippen LogP contribution in [0.4, 0.5) is 23.2 Å².